The molecule has 1 unspecified atom stereocenters. The van der Waals surface area contributed by atoms with Crippen LogP contribution in [-0.4, -0.2) is 9.97 Å². The second-order valence-corrected chi connectivity index (χ2v) is 15.6. The number of hydrogen-bond acceptors (Lipinski definition) is 3. The summed E-state index contributed by atoms with van der Waals surface area (Å²) in [4.78, 5) is 9.37. The zero-order chi connectivity index (χ0) is 41.5. The number of hydrogen-bond donors (Lipinski definition) is 0. The number of aromatic nitrogens is 2. The summed E-state index contributed by atoms with van der Waals surface area (Å²) < 4.78 is 39.5. The van der Waals surface area contributed by atoms with Gasteiger partial charge in [-0.1, -0.05) is 112 Å². The second kappa shape index (κ2) is 16.5. The van der Waals surface area contributed by atoms with Crippen LogP contribution in [0.3, 0.4) is 0 Å². The average molecular weight is 913 g/mol. The van der Waals surface area contributed by atoms with Crippen molar-refractivity contribution in [1.29, 1.82) is 0 Å². The van der Waals surface area contributed by atoms with E-state index in [2.05, 4.69) is 62.2 Å². The van der Waals surface area contributed by atoms with Crippen LogP contribution in [0.2, 0.25) is 0 Å². The number of aryl methyl sites for hydroxylation is 4. The van der Waals surface area contributed by atoms with E-state index in [1.807, 2.05) is 105 Å². The van der Waals surface area contributed by atoms with E-state index in [0.29, 0.717) is 16.8 Å². The number of benzene rings is 5. The molecule has 1 aliphatic carbocycles. The minimum absolute atomic E-state index is 0. The van der Waals surface area contributed by atoms with E-state index in [-0.39, 0.29) is 25.5 Å². The molecule has 1 atom stereocenters. The molecule has 56 heavy (non-hydrogen) atoms. The quantitative estimate of drug-likeness (QED) is 0.162. The second-order valence-electron chi connectivity index (χ2n) is 15.6. The van der Waals surface area contributed by atoms with Crippen LogP contribution in [0.4, 0.5) is 0 Å². The van der Waals surface area contributed by atoms with Gasteiger partial charge in [0.05, 0.1) is 5.58 Å². The predicted octanol–water partition coefficient (Wildman–Crippen LogP) is 13.6. The molecule has 0 aliphatic heterocycles. The van der Waals surface area contributed by atoms with Gasteiger partial charge in [-0.05, 0) is 102 Å². The molecule has 8 aromatic rings. The number of furan rings is 1. The van der Waals surface area contributed by atoms with Crippen LogP contribution >= 0.6 is 0 Å². The van der Waals surface area contributed by atoms with Gasteiger partial charge in [0.2, 0.25) is 0 Å². The third-order valence-electron chi connectivity index (χ3n) is 10.7. The van der Waals surface area contributed by atoms with E-state index in [1.54, 1.807) is 12.3 Å². The molecule has 4 heteroatoms. The molecular formula is C52H48IrN2O-2. The smallest absolute Gasteiger partial charge is 0.121 e. The maximum atomic E-state index is 8.97. The van der Waals surface area contributed by atoms with Gasteiger partial charge in [0.1, 0.15) is 5.58 Å². The zero-order valence-electron chi connectivity index (χ0n) is 36.6. The van der Waals surface area contributed by atoms with Crippen LogP contribution < -0.4 is 0 Å². The monoisotopic (exact) mass is 913 g/mol. The Bertz CT molecular complexity index is 2790. The number of pyridine rings is 2. The van der Waals surface area contributed by atoms with Gasteiger partial charge < -0.3 is 14.4 Å². The van der Waals surface area contributed by atoms with E-state index in [1.165, 1.54) is 34.9 Å². The van der Waals surface area contributed by atoms with Crippen LogP contribution in [0.1, 0.15) is 91.0 Å². The molecule has 283 valence electrons. The molecule has 9 rings (SSSR count). The van der Waals surface area contributed by atoms with Gasteiger partial charge in [-0.3, -0.25) is 0 Å². The molecule has 3 heterocycles. The number of rotatable bonds is 5. The molecule has 0 amide bonds. The molecule has 1 aliphatic rings. The Morgan fingerprint density at radius 2 is 1.54 bits per heavy atom. The normalized spacial score (nSPS) is 14.9. The molecule has 0 fully saturated rings. The Hall–Kier alpha value is -5.15. The fourth-order valence-corrected chi connectivity index (χ4v) is 7.62. The third kappa shape index (κ3) is 8.19. The first kappa shape index (κ1) is 34.1. The SMILES string of the molecule is [2H]C(C)(c1ccccc1)c1cc(C)nc(-c2[c-]ccc(C(C)(C)C)c2)c1.[2H]C([2H])([2H])c1cc(-c2[c-]cc3oc4ccc5c(c4c3c2)CCCC5)ncc1-c1ccccc1.[Ir]. The summed E-state index contributed by atoms with van der Waals surface area (Å²) >= 11 is 0. The minimum Gasteiger partial charge on any atom is -0.500 e. The molecule has 0 saturated carbocycles. The van der Waals surface area contributed by atoms with Crippen molar-refractivity contribution in [2.45, 2.75) is 78.5 Å². The Kier molecular flexibility index (Phi) is 10.1. The van der Waals surface area contributed by atoms with Crippen molar-refractivity contribution in [3.8, 4) is 33.6 Å². The first-order chi connectivity index (χ1) is 28.2. The summed E-state index contributed by atoms with van der Waals surface area (Å²) in [6, 6.07) is 46.2. The van der Waals surface area contributed by atoms with Crippen molar-refractivity contribution in [3.63, 3.8) is 0 Å². The summed E-state index contributed by atoms with van der Waals surface area (Å²) in [5.74, 6) is -0.828. The van der Waals surface area contributed by atoms with Crippen molar-refractivity contribution < 1.29 is 30.0 Å². The van der Waals surface area contributed by atoms with E-state index >= 15 is 0 Å². The Labute approximate surface area is 351 Å². The van der Waals surface area contributed by atoms with Crippen molar-refractivity contribution in [1.82, 2.24) is 9.97 Å². The standard InChI is InChI=1S/C28H22NO.C24H26N.Ir/c1-18-15-25(29-17-24(18)19-7-3-2-4-8-19)21-12-13-26-23(16-21)28-22-10-6-5-9-20(22)11-14-27(28)30-26;1-17-14-21(18(2)19-10-7-6-8-11-19)16-23(25-17)20-12-9-13-22(15-20)24(3,4)5;/h2-4,7-8,11,13-17H,5-6,9-10H2,1H3;6-11,13-16,18H,1-5H3;/q2*-1;/i1D3;18D;. The summed E-state index contributed by atoms with van der Waals surface area (Å²) in [6.07, 6.45) is 6.24. The first-order valence-electron chi connectivity index (χ1n) is 21.2. The van der Waals surface area contributed by atoms with Gasteiger partial charge in [-0.2, -0.15) is 0 Å². The maximum absolute atomic E-state index is 8.97. The van der Waals surface area contributed by atoms with Crippen LogP contribution in [0.5, 0.6) is 0 Å². The number of nitrogens with zero attached hydrogens (tertiary/aromatic N) is 2. The van der Waals surface area contributed by atoms with E-state index in [0.717, 1.165) is 68.6 Å². The van der Waals surface area contributed by atoms with Crippen molar-refractivity contribution >= 4 is 21.9 Å². The molecule has 0 N–H and O–H groups in total. The topological polar surface area (TPSA) is 38.9 Å². The summed E-state index contributed by atoms with van der Waals surface area (Å²) in [5, 5.41) is 2.22. The zero-order valence-corrected chi connectivity index (χ0v) is 35.0. The fourth-order valence-electron chi connectivity index (χ4n) is 7.62. The van der Waals surface area contributed by atoms with E-state index < -0.39 is 12.7 Å². The molecule has 3 nitrogen and oxygen atoms in total. The van der Waals surface area contributed by atoms with Crippen LogP contribution in [0.15, 0.2) is 132 Å². The molecule has 0 saturated heterocycles. The molecule has 5 aromatic carbocycles. The van der Waals surface area contributed by atoms with E-state index in [4.69, 9.17) is 14.9 Å². The third-order valence-corrected chi connectivity index (χ3v) is 10.7. The molecule has 0 spiro atoms. The Balaban J connectivity index is 0.000000184. The van der Waals surface area contributed by atoms with Gasteiger partial charge in [-0.25, -0.2) is 0 Å². The summed E-state index contributed by atoms with van der Waals surface area (Å²) in [6.45, 7) is 8.29. The van der Waals surface area contributed by atoms with Gasteiger partial charge in [0.15, 0.2) is 0 Å². The van der Waals surface area contributed by atoms with Crippen LogP contribution in [0, 0.1) is 25.9 Å². The van der Waals surface area contributed by atoms with Gasteiger partial charge in [-0.15, -0.1) is 59.2 Å². The van der Waals surface area contributed by atoms with Crippen molar-refractivity contribution in [2.24, 2.45) is 0 Å². The van der Waals surface area contributed by atoms with E-state index in [9.17, 15) is 0 Å². The largest absolute Gasteiger partial charge is 0.500 e. The predicted molar refractivity (Wildman–Crippen MR) is 229 cm³/mol. The summed E-state index contributed by atoms with van der Waals surface area (Å²) in [5.41, 5.74) is 13.6. The Morgan fingerprint density at radius 3 is 2.30 bits per heavy atom. The molecule has 3 aromatic heterocycles. The van der Waals surface area contributed by atoms with Gasteiger partial charge >= 0.3 is 0 Å². The summed E-state index contributed by atoms with van der Waals surface area (Å²) in [7, 11) is 0. The molecule has 1 radical (unpaired) electrons. The Morgan fingerprint density at radius 1 is 0.786 bits per heavy atom. The van der Waals surface area contributed by atoms with Crippen molar-refractivity contribution in [3.05, 3.63) is 179 Å². The molecular weight excluding hydrogens is 861 g/mol. The maximum Gasteiger partial charge on any atom is 0.121 e. The van der Waals surface area contributed by atoms with Gasteiger partial charge in [0, 0.05) is 54.3 Å². The first-order valence-corrected chi connectivity index (χ1v) is 19.2. The average Bonchev–Trinajstić information content (AvgIpc) is 3.62. The van der Waals surface area contributed by atoms with Gasteiger partial charge in [0.25, 0.3) is 0 Å². The fraction of sp³-hybridized carbons (Fsp3) is 0.231. The molecule has 0 bridgehead atoms. The number of fused-ring (bicyclic) bond motifs is 5. The van der Waals surface area contributed by atoms with Crippen LogP contribution in [0.25, 0.3) is 55.6 Å². The van der Waals surface area contributed by atoms with Crippen LogP contribution in [-0.2, 0) is 38.4 Å². The van der Waals surface area contributed by atoms with Crippen molar-refractivity contribution in [2.75, 3.05) is 0 Å². The minimum atomic E-state index is -2.26.